The SMILES string of the molecule is Fc1cncc(F)c1C1CCCN1. The molecule has 2 rings (SSSR count). The van der Waals surface area contributed by atoms with E-state index in [1.165, 1.54) is 0 Å². The van der Waals surface area contributed by atoms with Crippen LogP contribution in [-0.2, 0) is 0 Å². The maximum atomic E-state index is 13.2. The zero-order chi connectivity index (χ0) is 9.26. The Labute approximate surface area is 75.0 Å². The van der Waals surface area contributed by atoms with E-state index in [9.17, 15) is 8.78 Å². The van der Waals surface area contributed by atoms with Crippen LogP contribution in [0.3, 0.4) is 0 Å². The molecule has 1 aromatic rings. The molecule has 4 heteroatoms. The van der Waals surface area contributed by atoms with Gasteiger partial charge in [0.05, 0.1) is 12.4 Å². The fourth-order valence-electron chi connectivity index (χ4n) is 1.69. The van der Waals surface area contributed by atoms with E-state index in [0.717, 1.165) is 31.8 Å². The Kier molecular flexibility index (Phi) is 2.22. The van der Waals surface area contributed by atoms with Crippen LogP contribution in [0.1, 0.15) is 24.4 Å². The molecule has 2 heterocycles. The van der Waals surface area contributed by atoms with E-state index < -0.39 is 11.6 Å². The molecule has 0 spiro atoms. The average Bonchev–Trinajstić information content (AvgIpc) is 2.57. The first-order chi connectivity index (χ1) is 6.29. The fraction of sp³-hybridized carbons (Fsp3) is 0.444. The van der Waals surface area contributed by atoms with Crippen LogP contribution in [0.4, 0.5) is 8.78 Å². The second-order valence-corrected chi connectivity index (χ2v) is 3.17. The third-order valence-electron chi connectivity index (χ3n) is 2.30. The van der Waals surface area contributed by atoms with Crippen molar-refractivity contribution in [1.82, 2.24) is 10.3 Å². The van der Waals surface area contributed by atoms with E-state index in [-0.39, 0.29) is 11.6 Å². The van der Waals surface area contributed by atoms with Gasteiger partial charge in [-0.2, -0.15) is 0 Å². The molecular formula is C9H10F2N2. The fourth-order valence-corrected chi connectivity index (χ4v) is 1.69. The third kappa shape index (κ3) is 1.54. The highest BCUT2D eigenvalue weighted by Crippen LogP contribution is 2.26. The van der Waals surface area contributed by atoms with Crippen LogP contribution in [0.25, 0.3) is 0 Å². The van der Waals surface area contributed by atoms with Gasteiger partial charge in [0.25, 0.3) is 0 Å². The Balaban J connectivity index is 2.37. The van der Waals surface area contributed by atoms with Gasteiger partial charge in [0.15, 0.2) is 0 Å². The van der Waals surface area contributed by atoms with Crippen LogP contribution in [0.5, 0.6) is 0 Å². The van der Waals surface area contributed by atoms with Gasteiger partial charge in [-0.25, -0.2) is 8.78 Å². The Morgan fingerprint density at radius 2 is 2.00 bits per heavy atom. The Bertz CT molecular complexity index is 288. The summed E-state index contributed by atoms with van der Waals surface area (Å²) in [5.74, 6) is -1.11. The molecule has 1 unspecified atom stereocenters. The van der Waals surface area contributed by atoms with Crippen molar-refractivity contribution in [3.63, 3.8) is 0 Å². The summed E-state index contributed by atoms with van der Waals surface area (Å²) in [6, 6.07) is -0.178. The number of rotatable bonds is 1. The van der Waals surface area contributed by atoms with Gasteiger partial charge in [-0.05, 0) is 19.4 Å². The maximum absolute atomic E-state index is 13.2. The van der Waals surface area contributed by atoms with Crippen LogP contribution in [0.15, 0.2) is 12.4 Å². The van der Waals surface area contributed by atoms with Crippen molar-refractivity contribution in [2.75, 3.05) is 6.54 Å². The van der Waals surface area contributed by atoms with Gasteiger partial charge in [0, 0.05) is 11.6 Å². The number of hydrogen-bond donors (Lipinski definition) is 1. The smallest absolute Gasteiger partial charge is 0.149 e. The van der Waals surface area contributed by atoms with Gasteiger partial charge in [0.2, 0.25) is 0 Å². The molecule has 1 aromatic heterocycles. The predicted octanol–water partition coefficient (Wildman–Crippen LogP) is 1.78. The van der Waals surface area contributed by atoms with Crippen molar-refractivity contribution in [2.24, 2.45) is 0 Å². The topological polar surface area (TPSA) is 24.9 Å². The van der Waals surface area contributed by atoms with Crippen molar-refractivity contribution < 1.29 is 8.78 Å². The van der Waals surface area contributed by atoms with Gasteiger partial charge in [-0.1, -0.05) is 0 Å². The summed E-state index contributed by atoms with van der Waals surface area (Å²) < 4.78 is 26.3. The van der Waals surface area contributed by atoms with E-state index in [4.69, 9.17) is 0 Å². The number of nitrogens with one attached hydrogen (secondary N) is 1. The van der Waals surface area contributed by atoms with Gasteiger partial charge < -0.3 is 5.32 Å². The Morgan fingerprint density at radius 3 is 2.54 bits per heavy atom. The van der Waals surface area contributed by atoms with Crippen LogP contribution < -0.4 is 5.32 Å². The Morgan fingerprint density at radius 1 is 1.31 bits per heavy atom. The molecule has 0 bridgehead atoms. The Hall–Kier alpha value is -1.03. The average molecular weight is 184 g/mol. The van der Waals surface area contributed by atoms with E-state index in [2.05, 4.69) is 10.3 Å². The second-order valence-electron chi connectivity index (χ2n) is 3.17. The number of hydrogen-bond acceptors (Lipinski definition) is 2. The largest absolute Gasteiger partial charge is 0.310 e. The lowest BCUT2D eigenvalue weighted by Crippen LogP contribution is -2.16. The third-order valence-corrected chi connectivity index (χ3v) is 2.30. The van der Waals surface area contributed by atoms with Crippen molar-refractivity contribution in [2.45, 2.75) is 18.9 Å². The van der Waals surface area contributed by atoms with E-state index >= 15 is 0 Å². The molecule has 1 aliphatic heterocycles. The normalized spacial score (nSPS) is 22.2. The minimum atomic E-state index is -0.556. The predicted molar refractivity (Wildman–Crippen MR) is 44.1 cm³/mol. The molecular weight excluding hydrogens is 174 g/mol. The number of aromatic nitrogens is 1. The molecule has 1 saturated heterocycles. The van der Waals surface area contributed by atoms with Crippen LogP contribution in [0.2, 0.25) is 0 Å². The van der Waals surface area contributed by atoms with Crippen molar-refractivity contribution in [1.29, 1.82) is 0 Å². The lowest BCUT2D eigenvalue weighted by atomic mass is 10.1. The summed E-state index contributed by atoms with van der Waals surface area (Å²) in [6.45, 7) is 0.825. The van der Waals surface area contributed by atoms with Gasteiger partial charge in [-0.15, -0.1) is 0 Å². The van der Waals surface area contributed by atoms with Crippen molar-refractivity contribution in [3.05, 3.63) is 29.6 Å². The molecule has 1 fully saturated rings. The summed E-state index contributed by atoms with van der Waals surface area (Å²) in [4.78, 5) is 3.44. The van der Waals surface area contributed by atoms with E-state index in [1.54, 1.807) is 0 Å². The van der Waals surface area contributed by atoms with E-state index in [0.29, 0.717) is 0 Å². The molecule has 1 aliphatic rings. The first-order valence-electron chi connectivity index (χ1n) is 4.31. The summed E-state index contributed by atoms with van der Waals surface area (Å²) in [7, 11) is 0. The standard InChI is InChI=1S/C9H10F2N2/c10-6-4-12-5-7(11)9(6)8-2-1-3-13-8/h4-5,8,13H,1-3H2. The minimum absolute atomic E-state index is 0.132. The first kappa shape index (κ1) is 8.56. The highest BCUT2D eigenvalue weighted by molar-refractivity contribution is 5.20. The highest BCUT2D eigenvalue weighted by atomic mass is 19.1. The summed E-state index contributed by atoms with van der Waals surface area (Å²) in [5.41, 5.74) is 0.132. The second kappa shape index (κ2) is 3.38. The molecule has 0 aromatic carbocycles. The summed E-state index contributed by atoms with van der Waals surface area (Å²) in [6.07, 6.45) is 3.86. The lowest BCUT2D eigenvalue weighted by Gasteiger charge is -2.11. The zero-order valence-electron chi connectivity index (χ0n) is 7.06. The van der Waals surface area contributed by atoms with Gasteiger partial charge in [-0.3, -0.25) is 4.98 Å². The zero-order valence-corrected chi connectivity index (χ0v) is 7.06. The summed E-state index contributed by atoms with van der Waals surface area (Å²) in [5, 5.41) is 3.05. The van der Waals surface area contributed by atoms with Gasteiger partial charge in [0.1, 0.15) is 11.6 Å². The molecule has 0 aliphatic carbocycles. The molecule has 0 saturated carbocycles. The lowest BCUT2D eigenvalue weighted by molar-refractivity contribution is 0.500. The van der Waals surface area contributed by atoms with Crippen LogP contribution in [0, 0.1) is 11.6 Å². The van der Waals surface area contributed by atoms with Crippen molar-refractivity contribution >= 4 is 0 Å². The molecule has 1 atom stereocenters. The molecule has 0 radical (unpaired) electrons. The molecule has 0 amide bonds. The highest BCUT2D eigenvalue weighted by Gasteiger charge is 2.22. The summed E-state index contributed by atoms with van der Waals surface area (Å²) >= 11 is 0. The maximum Gasteiger partial charge on any atom is 0.149 e. The van der Waals surface area contributed by atoms with E-state index in [1.807, 2.05) is 0 Å². The molecule has 1 N–H and O–H groups in total. The first-order valence-corrected chi connectivity index (χ1v) is 4.31. The van der Waals surface area contributed by atoms with Crippen molar-refractivity contribution in [3.8, 4) is 0 Å². The van der Waals surface area contributed by atoms with Crippen LogP contribution in [-0.4, -0.2) is 11.5 Å². The quantitative estimate of drug-likeness (QED) is 0.719. The van der Waals surface area contributed by atoms with Crippen LogP contribution >= 0.6 is 0 Å². The molecule has 70 valence electrons. The molecule has 2 nitrogen and oxygen atoms in total. The number of pyridine rings is 1. The monoisotopic (exact) mass is 184 g/mol. The van der Waals surface area contributed by atoms with Gasteiger partial charge >= 0.3 is 0 Å². The molecule has 13 heavy (non-hydrogen) atoms. The number of halogens is 2. The number of nitrogens with zero attached hydrogens (tertiary/aromatic N) is 1. The minimum Gasteiger partial charge on any atom is -0.310 e.